The van der Waals surface area contributed by atoms with Crippen molar-refractivity contribution in [2.75, 3.05) is 5.32 Å². The molecule has 0 bridgehead atoms. The van der Waals surface area contributed by atoms with E-state index in [2.05, 4.69) is 31.5 Å². The zero-order chi connectivity index (χ0) is 31.2. The van der Waals surface area contributed by atoms with E-state index in [1.165, 1.54) is 0 Å². The summed E-state index contributed by atoms with van der Waals surface area (Å²) in [6, 6.07) is 37.8. The standard InChI is InChI=1S/C36H23N7O2/c1-38-30-29(24-16-8-3-9-17-24)33(41-34(30)43-36(45)26-20-12-5-13-21-26)40-32-28(23-14-6-2-7-15-23)27(22-37)31(39-32)42-35(44)25-18-10-4-11-19-25/h2-21,41H,(H,43,45)(H,39,40,42,44). The van der Waals surface area contributed by atoms with Crippen LogP contribution < -0.4 is 10.6 Å². The Labute approximate surface area is 258 Å². The van der Waals surface area contributed by atoms with Gasteiger partial charge < -0.3 is 15.6 Å². The van der Waals surface area contributed by atoms with E-state index < -0.39 is 11.8 Å². The summed E-state index contributed by atoms with van der Waals surface area (Å²) in [4.78, 5) is 42.5. The Morgan fingerprint density at radius 3 is 1.80 bits per heavy atom. The van der Waals surface area contributed by atoms with Crippen LogP contribution in [-0.2, 0) is 0 Å². The van der Waals surface area contributed by atoms with Gasteiger partial charge in [0, 0.05) is 22.3 Å². The van der Waals surface area contributed by atoms with Crippen molar-refractivity contribution in [3.8, 4) is 17.2 Å². The number of anilines is 1. The molecule has 0 saturated carbocycles. The molecule has 0 atom stereocenters. The molecule has 4 aromatic carbocycles. The van der Waals surface area contributed by atoms with Gasteiger partial charge in [-0.05, 0) is 35.4 Å². The summed E-state index contributed by atoms with van der Waals surface area (Å²) in [5.74, 6) is -0.210. The molecule has 0 aliphatic carbocycles. The van der Waals surface area contributed by atoms with Gasteiger partial charge in [-0.3, -0.25) is 9.59 Å². The van der Waals surface area contributed by atoms with Crippen LogP contribution in [-0.4, -0.2) is 28.5 Å². The smallest absolute Gasteiger partial charge is 0.256 e. The third-order valence-corrected chi connectivity index (χ3v) is 6.99. The average molecular weight is 586 g/mol. The molecular formula is C36H23N7O2. The van der Waals surface area contributed by atoms with Crippen LogP contribution in [0, 0.1) is 17.9 Å². The first kappa shape index (κ1) is 28.3. The molecule has 1 aliphatic rings. The van der Waals surface area contributed by atoms with E-state index in [0.29, 0.717) is 33.4 Å². The van der Waals surface area contributed by atoms with Gasteiger partial charge in [0.25, 0.3) is 11.8 Å². The number of carbonyl (C=O) groups is 2. The van der Waals surface area contributed by atoms with Gasteiger partial charge in [0.05, 0.1) is 6.57 Å². The van der Waals surface area contributed by atoms with Crippen LogP contribution in [0.4, 0.5) is 17.3 Å². The lowest BCUT2D eigenvalue weighted by Crippen LogP contribution is -2.30. The molecule has 2 heterocycles. The molecule has 5 aromatic rings. The normalized spacial score (nSPS) is 13.1. The number of nitrogens with one attached hydrogen (secondary N) is 3. The molecule has 3 N–H and O–H groups in total. The molecule has 45 heavy (non-hydrogen) atoms. The third-order valence-electron chi connectivity index (χ3n) is 6.99. The number of H-pyrrole nitrogens is 1. The molecule has 0 fully saturated rings. The van der Waals surface area contributed by atoms with Gasteiger partial charge in [-0.1, -0.05) is 97.1 Å². The maximum atomic E-state index is 13.1. The lowest BCUT2D eigenvalue weighted by molar-refractivity contribution is 0.0976. The highest BCUT2D eigenvalue weighted by atomic mass is 16.2. The molecule has 0 spiro atoms. The summed E-state index contributed by atoms with van der Waals surface area (Å²) in [5.41, 5.74) is 3.33. The Bertz CT molecular complexity index is 2080. The predicted octanol–water partition coefficient (Wildman–Crippen LogP) is 7.33. The SMILES string of the molecule is [C-]#[N+]c1c(NC(=O)c2ccccc2)[nH]c(N=C2N=C(NC(=O)c3ccccc3)C(C#N)=C2c2ccccc2)c1-c1ccccc1. The Hall–Kier alpha value is -6.84. The van der Waals surface area contributed by atoms with Crippen molar-refractivity contribution in [3.05, 3.63) is 155 Å². The maximum absolute atomic E-state index is 13.1. The van der Waals surface area contributed by atoms with Gasteiger partial charge in [-0.25, -0.2) is 14.8 Å². The van der Waals surface area contributed by atoms with E-state index >= 15 is 0 Å². The molecule has 9 nitrogen and oxygen atoms in total. The number of hydrogen-bond donors (Lipinski definition) is 3. The largest absolute Gasteiger partial charge is 0.336 e. The lowest BCUT2D eigenvalue weighted by Gasteiger charge is -2.06. The molecule has 1 aromatic heterocycles. The van der Waals surface area contributed by atoms with Crippen LogP contribution in [0.25, 0.3) is 21.5 Å². The lowest BCUT2D eigenvalue weighted by atomic mass is 10.0. The number of amidine groups is 2. The highest BCUT2D eigenvalue weighted by Gasteiger charge is 2.30. The van der Waals surface area contributed by atoms with Gasteiger partial charge in [-0.2, -0.15) is 5.26 Å². The minimum Gasteiger partial charge on any atom is -0.336 e. The van der Waals surface area contributed by atoms with Crippen LogP contribution in [0.5, 0.6) is 0 Å². The van der Waals surface area contributed by atoms with Gasteiger partial charge in [0.2, 0.25) is 5.69 Å². The minimum atomic E-state index is -0.429. The van der Waals surface area contributed by atoms with Crippen molar-refractivity contribution in [2.24, 2.45) is 9.98 Å². The number of rotatable bonds is 6. The number of benzene rings is 4. The Kier molecular flexibility index (Phi) is 7.90. The zero-order valence-corrected chi connectivity index (χ0v) is 23.7. The van der Waals surface area contributed by atoms with Crippen molar-refractivity contribution >= 4 is 46.4 Å². The van der Waals surface area contributed by atoms with E-state index in [1.807, 2.05) is 66.7 Å². The average Bonchev–Trinajstić information content (AvgIpc) is 3.62. The van der Waals surface area contributed by atoms with Crippen LogP contribution in [0.15, 0.2) is 137 Å². The maximum Gasteiger partial charge on any atom is 0.256 e. The minimum absolute atomic E-state index is 0.0554. The third kappa shape index (κ3) is 5.78. The topological polar surface area (TPSA) is 127 Å². The molecule has 0 unspecified atom stereocenters. The van der Waals surface area contributed by atoms with Crippen molar-refractivity contribution in [3.63, 3.8) is 0 Å². The Morgan fingerprint density at radius 1 is 0.756 bits per heavy atom. The second-order valence-corrected chi connectivity index (χ2v) is 9.81. The second-order valence-electron chi connectivity index (χ2n) is 9.81. The Morgan fingerprint density at radius 2 is 1.27 bits per heavy atom. The van der Waals surface area contributed by atoms with Gasteiger partial charge >= 0.3 is 0 Å². The fourth-order valence-electron chi connectivity index (χ4n) is 4.90. The van der Waals surface area contributed by atoms with Crippen molar-refractivity contribution in [1.82, 2.24) is 10.3 Å². The summed E-state index contributed by atoms with van der Waals surface area (Å²) < 4.78 is 0. The first-order valence-corrected chi connectivity index (χ1v) is 13.9. The molecule has 0 saturated heterocycles. The fourth-order valence-corrected chi connectivity index (χ4v) is 4.90. The van der Waals surface area contributed by atoms with Crippen LogP contribution in [0.1, 0.15) is 26.3 Å². The molecule has 6 rings (SSSR count). The molecule has 9 heteroatoms. The number of nitriles is 1. The number of aromatic nitrogens is 1. The highest BCUT2D eigenvalue weighted by molar-refractivity contribution is 6.40. The molecule has 214 valence electrons. The first-order valence-electron chi connectivity index (χ1n) is 13.9. The monoisotopic (exact) mass is 585 g/mol. The van der Waals surface area contributed by atoms with Crippen molar-refractivity contribution < 1.29 is 9.59 Å². The van der Waals surface area contributed by atoms with Crippen LogP contribution in [0.2, 0.25) is 0 Å². The van der Waals surface area contributed by atoms with E-state index in [1.54, 1.807) is 54.6 Å². The fraction of sp³-hybridized carbons (Fsp3) is 0. The molecule has 2 amide bonds. The number of aromatic amines is 1. The molecule has 0 radical (unpaired) electrons. The van der Waals surface area contributed by atoms with E-state index in [0.717, 1.165) is 0 Å². The van der Waals surface area contributed by atoms with Gasteiger partial charge in [-0.15, -0.1) is 0 Å². The number of aliphatic imine (C=N–C) groups is 2. The highest BCUT2D eigenvalue weighted by Crippen LogP contribution is 2.45. The van der Waals surface area contributed by atoms with Crippen molar-refractivity contribution in [1.29, 1.82) is 5.26 Å². The van der Waals surface area contributed by atoms with Crippen LogP contribution in [0.3, 0.4) is 0 Å². The first-order chi connectivity index (χ1) is 22.1. The summed E-state index contributed by atoms with van der Waals surface area (Å²) in [7, 11) is 0. The van der Waals surface area contributed by atoms with E-state index in [4.69, 9.17) is 11.6 Å². The zero-order valence-electron chi connectivity index (χ0n) is 23.7. The van der Waals surface area contributed by atoms with Gasteiger partial charge in [0.15, 0.2) is 11.7 Å². The summed E-state index contributed by atoms with van der Waals surface area (Å²) in [5, 5.41) is 15.9. The van der Waals surface area contributed by atoms with Crippen LogP contribution >= 0.6 is 0 Å². The number of amides is 2. The predicted molar refractivity (Wildman–Crippen MR) is 174 cm³/mol. The van der Waals surface area contributed by atoms with Crippen molar-refractivity contribution in [2.45, 2.75) is 0 Å². The molecule has 1 aliphatic heterocycles. The van der Waals surface area contributed by atoms with E-state index in [-0.39, 0.29) is 34.6 Å². The quantitative estimate of drug-likeness (QED) is 0.181. The van der Waals surface area contributed by atoms with Gasteiger partial charge in [0.1, 0.15) is 23.3 Å². The molecular weight excluding hydrogens is 562 g/mol. The second kappa shape index (κ2) is 12.6. The summed E-state index contributed by atoms with van der Waals surface area (Å²) in [6.45, 7) is 8.03. The summed E-state index contributed by atoms with van der Waals surface area (Å²) in [6.07, 6.45) is 0. The van der Waals surface area contributed by atoms with E-state index in [9.17, 15) is 14.9 Å². The number of nitrogens with zero attached hydrogens (tertiary/aromatic N) is 4. The Balaban J connectivity index is 1.51. The number of carbonyl (C=O) groups excluding carboxylic acids is 2. The summed E-state index contributed by atoms with van der Waals surface area (Å²) >= 11 is 0. The number of hydrogen-bond acceptors (Lipinski definition) is 4.